The molecule has 14 heavy (non-hydrogen) atoms. The van der Waals surface area contributed by atoms with E-state index in [-0.39, 0.29) is 18.5 Å². The first-order chi connectivity index (χ1) is 6.58. The molecule has 1 unspecified atom stereocenters. The van der Waals surface area contributed by atoms with E-state index in [2.05, 4.69) is 0 Å². The van der Waals surface area contributed by atoms with Crippen molar-refractivity contribution in [2.24, 2.45) is 0 Å². The minimum Gasteiger partial charge on any atom is -0.463 e. The molecule has 3 heteroatoms. The number of allylic oxidation sites excluding steroid dienone is 2. The maximum absolute atomic E-state index is 11.3. The fraction of sp³-hybridized carbons (Fsp3) is 0.545. The molecule has 0 saturated carbocycles. The zero-order valence-corrected chi connectivity index (χ0v) is 8.56. The Bertz CT molecular complexity index is 264. The summed E-state index contributed by atoms with van der Waals surface area (Å²) in [5.41, 5.74) is 0.922. The van der Waals surface area contributed by atoms with Crippen LogP contribution in [0, 0.1) is 0 Å². The standard InChI is InChI=1S/C11H16O3/c1-8(2)14-11(13)7-9-4-3-5-10(12)6-9/h3-5,8,10,12H,6-7H2,1-2H3. The highest BCUT2D eigenvalue weighted by Crippen LogP contribution is 2.16. The Morgan fingerprint density at radius 3 is 3.00 bits per heavy atom. The minimum atomic E-state index is -0.457. The van der Waals surface area contributed by atoms with Crippen LogP contribution in [0.15, 0.2) is 23.8 Å². The van der Waals surface area contributed by atoms with Gasteiger partial charge < -0.3 is 9.84 Å². The summed E-state index contributed by atoms with van der Waals surface area (Å²) in [5, 5.41) is 9.29. The Kier molecular flexibility index (Phi) is 3.89. The van der Waals surface area contributed by atoms with Gasteiger partial charge >= 0.3 is 5.97 Å². The summed E-state index contributed by atoms with van der Waals surface area (Å²) in [5.74, 6) is -0.228. The van der Waals surface area contributed by atoms with Crippen LogP contribution >= 0.6 is 0 Å². The first kappa shape index (κ1) is 11.0. The van der Waals surface area contributed by atoms with Crippen LogP contribution in [0.3, 0.4) is 0 Å². The number of aliphatic hydroxyl groups excluding tert-OH is 1. The van der Waals surface area contributed by atoms with E-state index in [9.17, 15) is 9.90 Å². The number of ether oxygens (including phenoxy) is 1. The Hall–Kier alpha value is -1.09. The van der Waals surface area contributed by atoms with Gasteiger partial charge in [0.05, 0.1) is 18.6 Å². The van der Waals surface area contributed by atoms with Crippen LogP contribution in [0.4, 0.5) is 0 Å². The SMILES string of the molecule is CC(C)OC(=O)CC1=CC=CC(O)C1. The van der Waals surface area contributed by atoms with E-state index in [0.29, 0.717) is 6.42 Å². The van der Waals surface area contributed by atoms with Gasteiger partial charge in [-0.1, -0.05) is 23.8 Å². The molecule has 1 rings (SSSR count). The summed E-state index contributed by atoms with van der Waals surface area (Å²) in [6, 6.07) is 0. The summed E-state index contributed by atoms with van der Waals surface area (Å²) in [6.45, 7) is 3.64. The van der Waals surface area contributed by atoms with Gasteiger partial charge in [0, 0.05) is 0 Å². The normalized spacial score (nSPS) is 20.9. The van der Waals surface area contributed by atoms with E-state index < -0.39 is 6.10 Å². The van der Waals surface area contributed by atoms with Crippen molar-refractivity contribution in [2.45, 2.75) is 38.9 Å². The van der Waals surface area contributed by atoms with Gasteiger partial charge in [-0.05, 0) is 20.3 Å². The lowest BCUT2D eigenvalue weighted by atomic mass is 10.0. The summed E-state index contributed by atoms with van der Waals surface area (Å²) in [4.78, 5) is 11.3. The highest BCUT2D eigenvalue weighted by Gasteiger charge is 2.13. The lowest BCUT2D eigenvalue weighted by Crippen LogP contribution is -2.14. The maximum atomic E-state index is 11.3. The molecular formula is C11H16O3. The number of carbonyl (C=O) groups is 1. The number of carbonyl (C=O) groups excluding carboxylic acids is 1. The lowest BCUT2D eigenvalue weighted by Gasteiger charge is -2.14. The smallest absolute Gasteiger partial charge is 0.310 e. The molecule has 0 aliphatic heterocycles. The molecule has 0 aromatic rings. The number of aliphatic hydroxyl groups is 1. The van der Waals surface area contributed by atoms with Gasteiger partial charge in [-0.25, -0.2) is 0 Å². The predicted molar refractivity (Wildman–Crippen MR) is 53.7 cm³/mol. The van der Waals surface area contributed by atoms with Crippen LogP contribution in [0.2, 0.25) is 0 Å². The van der Waals surface area contributed by atoms with E-state index in [0.717, 1.165) is 5.57 Å². The van der Waals surface area contributed by atoms with Crippen molar-refractivity contribution >= 4 is 5.97 Å². The van der Waals surface area contributed by atoms with E-state index in [4.69, 9.17) is 4.74 Å². The fourth-order valence-electron chi connectivity index (χ4n) is 1.35. The monoisotopic (exact) mass is 196 g/mol. The third-order valence-corrected chi connectivity index (χ3v) is 1.88. The number of esters is 1. The molecule has 0 aromatic carbocycles. The number of rotatable bonds is 3. The Morgan fingerprint density at radius 1 is 1.71 bits per heavy atom. The average Bonchev–Trinajstić information content (AvgIpc) is 2.01. The van der Waals surface area contributed by atoms with E-state index in [1.807, 2.05) is 19.9 Å². The van der Waals surface area contributed by atoms with Gasteiger partial charge in [-0.15, -0.1) is 0 Å². The summed E-state index contributed by atoms with van der Waals surface area (Å²) >= 11 is 0. The van der Waals surface area contributed by atoms with Crippen molar-refractivity contribution in [1.29, 1.82) is 0 Å². The molecule has 0 fully saturated rings. The second-order valence-electron chi connectivity index (χ2n) is 3.70. The van der Waals surface area contributed by atoms with Crippen molar-refractivity contribution < 1.29 is 14.6 Å². The molecule has 3 nitrogen and oxygen atoms in total. The molecule has 78 valence electrons. The molecule has 1 N–H and O–H groups in total. The van der Waals surface area contributed by atoms with Gasteiger partial charge in [0.2, 0.25) is 0 Å². The quantitative estimate of drug-likeness (QED) is 0.697. The molecule has 0 aromatic heterocycles. The third-order valence-electron chi connectivity index (χ3n) is 1.88. The average molecular weight is 196 g/mol. The summed E-state index contributed by atoms with van der Waals surface area (Å²) in [7, 11) is 0. The van der Waals surface area contributed by atoms with Gasteiger partial charge in [0.1, 0.15) is 0 Å². The molecule has 1 aliphatic rings. The van der Waals surface area contributed by atoms with Crippen LogP contribution in [-0.2, 0) is 9.53 Å². The highest BCUT2D eigenvalue weighted by molar-refractivity contribution is 5.72. The molecule has 0 bridgehead atoms. The zero-order chi connectivity index (χ0) is 10.6. The largest absolute Gasteiger partial charge is 0.463 e. The third kappa shape index (κ3) is 3.75. The Balaban J connectivity index is 2.41. The molecule has 0 heterocycles. The number of hydrogen-bond acceptors (Lipinski definition) is 3. The molecule has 0 spiro atoms. The summed E-state index contributed by atoms with van der Waals surface area (Å²) < 4.78 is 5.00. The van der Waals surface area contributed by atoms with Gasteiger partial charge in [0.25, 0.3) is 0 Å². The topological polar surface area (TPSA) is 46.5 Å². The van der Waals surface area contributed by atoms with E-state index >= 15 is 0 Å². The molecule has 0 saturated heterocycles. The Labute approximate surface area is 84.1 Å². The highest BCUT2D eigenvalue weighted by atomic mass is 16.5. The van der Waals surface area contributed by atoms with E-state index in [1.165, 1.54) is 0 Å². The summed E-state index contributed by atoms with van der Waals surface area (Å²) in [6.07, 6.45) is 5.61. The first-order valence-corrected chi connectivity index (χ1v) is 4.81. The predicted octanol–water partition coefficient (Wildman–Crippen LogP) is 1.58. The molecule has 0 radical (unpaired) electrons. The van der Waals surface area contributed by atoms with Crippen molar-refractivity contribution in [1.82, 2.24) is 0 Å². The van der Waals surface area contributed by atoms with Crippen LogP contribution in [-0.4, -0.2) is 23.3 Å². The van der Waals surface area contributed by atoms with Crippen LogP contribution in [0.1, 0.15) is 26.7 Å². The van der Waals surface area contributed by atoms with Crippen molar-refractivity contribution in [3.05, 3.63) is 23.8 Å². The van der Waals surface area contributed by atoms with Crippen molar-refractivity contribution in [3.63, 3.8) is 0 Å². The lowest BCUT2D eigenvalue weighted by molar-refractivity contribution is -0.146. The van der Waals surface area contributed by atoms with Gasteiger partial charge in [-0.3, -0.25) is 4.79 Å². The van der Waals surface area contributed by atoms with Crippen LogP contribution < -0.4 is 0 Å². The van der Waals surface area contributed by atoms with Crippen molar-refractivity contribution in [3.8, 4) is 0 Å². The van der Waals surface area contributed by atoms with Crippen molar-refractivity contribution in [2.75, 3.05) is 0 Å². The zero-order valence-electron chi connectivity index (χ0n) is 8.56. The molecule has 1 aliphatic carbocycles. The molecular weight excluding hydrogens is 180 g/mol. The van der Waals surface area contributed by atoms with Crippen LogP contribution in [0.25, 0.3) is 0 Å². The fourth-order valence-corrected chi connectivity index (χ4v) is 1.35. The molecule has 0 amide bonds. The second kappa shape index (κ2) is 4.96. The Morgan fingerprint density at radius 2 is 2.43 bits per heavy atom. The minimum absolute atomic E-state index is 0.0767. The van der Waals surface area contributed by atoms with Crippen LogP contribution in [0.5, 0.6) is 0 Å². The van der Waals surface area contributed by atoms with E-state index in [1.54, 1.807) is 12.2 Å². The van der Waals surface area contributed by atoms with Gasteiger partial charge in [0.15, 0.2) is 0 Å². The first-order valence-electron chi connectivity index (χ1n) is 4.81. The molecule has 1 atom stereocenters. The van der Waals surface area contributed by atoms with Gasteiger partial charge in [-0.2, -0.15) is 0 Å². The maximum Gasteiger partial charge on any atom is 0.310 e. The second-order valence-corrected chi connectivity index (χ2v) is 3.70. The number of hydrogen-bond donors (Lipinski definition) is 1.